The zero-order chi connectivity index (χ0) is 20.5. The summed E-state index contributed by atoms with van der Waals surface area (Å²) in [6.45, 7) is 13.4. The Balaban J connectivity index is 0. The quantitative estimate of drug-likeness (QED) is 0.728. The van der Waals surface area contributed by atoms with Gasteiger partial charge in [-0.15, -0.1) is 13.2 Å². The second-order valence-corrected chi connectivity index (χ2v) is 5.55. The van der Waals surface area contributed by atoms with Gasteiger partial charge in [0.15, 0.2) is 0 Å². The molecule has 148 valence electrons. The molecule has 0 saturated heterocycles. The average molecular weight is 368 g/mol. The highest BCUT2D eigenvalue weighted by molar-refractivity contribution is 5.63. The molecule has 0 aromatic heterocycles. The molecule has 0 amide bonds. The fourth-order valence-electron chi connectivity index (χ4n) is 1.75. The van der Waals surface area contributed by atoms with Crippen LogP contribution in [0.25, 0.3) is 0 Å². The second-order valence-electron chi connectivity index (χ2n) is 5.55. The van der Waals surface area contributed by atoms with E-state index >= 15 is 0 Å². The molecule has 0 atom stereocenters. The van der Waals surface area contributed by atoms with Crippen molar-refractivity contribution < 1.29 is 19.8 Å². The van der Waals surface area contributed by atoms with E-state index in [1.807, 2.05) is 12.2 Å². The van der Waals surface area contributed by atoms with Crippen LogP contribution in [-0.4, -0.2) is 82.3 Å². The fourth-order valence-corrected chi connectivity index (χ4v) is 1.75. The lowest BCUT2D eigenvalue weighted by molar-refractivity contribution is -0.135. The first-order valence-corrected chi connectivity index (χ1v) is 7.98. The number of carboxylic acid groups (broad SMARTS) is 2. The number of hydrogen-bond donors (Lipinski definition) is 2. The number of carbonyl (C=O) groups is 2. The monoisotopic (exact) mass is 368 g/mol. The third-order valence-corrected chi connectivity index (χ3v) is 2.60. The van der Waals surface area contributed by atoms with Crippen molar-refractivity contribution in [3.8, 4) is 0 Å². The molecule has 2 aliphatic rings. The van der Waals surface area contributed by atoms with E-state index in [1.54, 1.807) is 0 Å². The summed E-state index contributed by atoms with van der Waals surface area (Å²) in [5, 5.41) is 14.8. The molecule has 2 heterocycles. The van der Waals surface area contributed by atoms with Crippen LogP contribution in [0.3, 0.4) is 0 Å². The largest absolute Gasteiger partial charge is 0.481 e. The van der Waals surface area contributed by atoms with Crippen LogP contribution >= 0.6 is 0 Å². The Bertz CT molecular complexity index is 440. The molecule has 0 saturated carbocycles. The second kappa shape index (κ2) is 15.6. The molecular weight excluding hydrogens is 336 g/mol. The predicted octanol–water partition coefficient (Wildman–Crippen LogP) is 1.88. The molecule has 0 aromatic carbocycles. The Morgan fingerprint density at radius 1 is 0.846 bits per heavy atom. The van der Waals surface area contributed by atoms with Crippen molar-refractivity contribution in [2.24, 2.45) is 0 Å². The van der Waals surface area contributed by atoms with Crippen LogP contribution in [-0.2, 0) is 9.59 Å². The molecular formula is C18H32N4O4. The molecule has 2 rings (SSSR count). The molecule has 0 aromatic rings. The summed E-state index contributed by atoms with van der Waals surface area (Å²) in [6, 6.07) is 0. The van der Waals surface area contributed by atoms with Gasteiger partial charge < -0.3 is 29.8 Å². The molecule has 0 fully saturated rings. The maximum absolute atomic E-state index is 9.00. The zero-order valence-corrected chi connectivity index (χ0v) is 16.2. The van der Waals surface area contributed by atoms with Crippen LogP contribution in [0.15, 0.2) is 50.1 Å². The van der Waals surface area contributed by atoms with Crippen LogP contribution in [0, 0.1) is 0 Å². The van der Waals surface area contributed by atoms with Gasteiger partial charge >= 0.3 is 0 Å². The molecule has 0 radical (unpaired) electrons. The van der Waals surface area contributed by atoms with Crippen LogP contribution in [0.1, 0.15) is 13.8 Å². The lowest BCUT2D eigenvalue weighted by Gasteiger charge is -2.15. The van der Waals surface area contributed by atoms with E-state index in [9.17, 15) is 0 Å². The summed E-state index contributed by atoms with van der Waals surface area (Å²) >= 11 is 0. The van der Waals surface area contributed by atoms with Crippen molar-refractivity contribution >= 4 is 11.9 Å². The first-order valence-electron chi connectivity index (χ1n) is 7.98. The van der Waals surface area contributed by atoms with Crippen LogP contribution in [0.5, 0.6) is 0 Å². The van der Waals surface area contributed by atoms with E-state index in [4.69, 9.17) is 19.8 Å². The standard InChI is InChI=1S/2C7H12N2.2C2H4O2/c2*1-3-4-9-6-5-8(2)7-9;2*1-2(3)4/h2*3,5-6H,1,4,7H2,2H3;2*1H3,(H,3,4). The summed E-state index contributed by atoms with van der Waals surface area (Å²) < 4.78 is 0. The number of nitrogens with zero attached hydrogens (tertiary/aromatic N) is 4. The van der Waals surface area contributed by atoms with Crippen LogP contribution in [0.2, 0.25) is 0 Å². The van der Waals surface area contributed by atoms with Crippen molar-refractivity contribution in [2.45, 2.75) is 13.8 Å². The van der Waals surface area contributed by atoms with Crippen molar-refractivity contribution in [3.05, 3.63) is 50.1 Å². The number of aliphatic carboxylic acids is 2. The highest BCUT2D eigenvalue weighted by Gasteiger charge is 2.04. The Hall–Kier alpha value is -2.90. The van der Waals surface area contributed by atoms with Gasteiger partial charge in [0.05, 0.1) is 13.3 Å². The number of carboxylic acids is 2. The van der Waals surface area contributed by atoms with Crippen molar-refractivity contribution in [2.75, 3.05) is 40.5 Å². The van der Waals surface area contributed by atoms with E-state index in [2.05, 4.69) is 71.7 Å². The van der Waals surface area contributed by atoms with Gasteiger partial charge in [-0.3, -0.25) is 9.59 Å². The van der Waals surface area contributed by atoms with Gasteiger partial charge in [0, 0.05) is 65.8 Å². The molecule has 8 heteroatoms. The summed E-state index contributed by atoms with van der Waals surface area (Å²) in [5.74, 6) is -1.67. The Kier molecular flexibility index (Phi) is 15.2. The zero-order valence-electron chi connectivity index (χ0n) is 16.2. The molecule has 0 spiro atoms. The van der Waals surface area contributed by atoms with Crippen LogP contribution < -0.4 is 0 Å². The normalized spacial score (nSPS) is 13.7. The Morgan fingerprint density at radius 2 is 1.12 bits per heavy atom. The van der Waals surface area contributed by atoms with Crippen molar-refractivity contribution in [1.82, 2.24) is 19.6 Å². The first kappa shape index (κ1) is 25.3. The SMILES string of the molecule is C=CCN1C=CN(C)C1.C=CCN1C=CN(C)C1.CC(=O)O.CC(=O)O. The van der Waals surface area contributed by atoms with E-state index in [-0.39, 0.29) is 0 Å². The lowest BCUT2D eigenvalue weighted by Crippen LogP contribution is -2.22. The first-order chi connectivity index (χ1) is 12.1. The van der Waals surface area contributed by atoms with Gasteiger partial charge in [-0.2, -0.15) is 0 Å². The van der Waals surface area contributed by atoms with E-state index < -0.39 is 11.9 Å². The minimum atomic E-state index is -0.833. The average Bonchev–Trinajstić information content (AvgIpc) is 3.08. The molecule has 2 N–H and O–H groups in total. The van der Waals surface area contributed by atoms with Gasteiger partial charge in [-0.05, 0) is 0 Å². The summed E-state index contributed by atoms with van der Waals surface area (Å²) in [6.07, 6.45) is 12.1. The summed E-state index contributed by atoms with van der Waals surface area (Å²) in [4.78, 5) is 26.6. The maximum Gasteiger partial charge on any atom is 0.300 e. The van der Waals surface area contributed by atoms with Gasteiger partial charge in [-0.1, -0.05) is 12.2 Å². The highest BCUT2D eigenvalue weighted by Crippen LogP contribution is 2.02. The van der Waals surface area contributed by atoms with E-state index in [1.165, 1.54) is 0 Å². The molecule has 0 aliphatic carbocycles. The minimum absolute atomic E-state index is 0.833. The van der Waals surface area contributed by atoms with Gasteiger partial charge in [0.1, 0.15) is 0 Å². The third kappa shape index (κ3) is 19.1. The van der Waals surface area contributed by atoms with Crippen LogP contribution in [0.4, 0.5) is 0 Å². The number of rotatable bonds is 4. The fraction of sp³-hybridized carbons (Fsp3) is 0.444. The molecule has 2 aliphatic heterocycles. The van der Waals surface area contributed by atoms with E-state index in [0.29, 0.717) is 0 Å². The topological polar surface area (TPSA) is 87.6 Å². The molecule has 26 heavy (non-hydrogen) atoms. The lowest BCUT2D eigenvalue weighted by atomic mass is 10.6. The Labute approximate surface area is 156 Å². The van der Waals surface area contributed by atoms with E-state index in [0.717, 1.165) is 40.3 Å². The summed E-state index contributed by atoms with van der Waals surface area (Å²) in [5.41, 5.74) is 0. The minimum Gasteiger partial charge on any atom is -0.481 e. The van der Waals surface area contributed by atoms with Gasteiger partial charge in [0.2, 0.25) is 0 Å². The summed E-state index contributed by atoms with van der Waals surface area (Å²) in [7, 11) is 4.11. The third-order valence-electron chi connectivity index (χ3n) is 2.60. The van der Waals surface area contributed by atoms with Gasteiger partial charge in [-0.25, -0.2) is 0 Å². The maximum atomic E-state index is 9.00. The molecule has 8 nitrogen and oxygen atoms in total. The Morgan fingerprint density at radius 3 is 1.27 bits per heavy atom. The van der Waals surface area contributed by atoms with Gasteiger partial charge in [0.25, 0.3) is 11.9 Å². The highest BCUT2D eigenvalue weighted by atomic mass is 16.4. The molecule has 0 bridgehead atoms. The van der Waals surface area contributed by atoms with Crippen molar-refractivity contribution in [1.29, 1.82) is 0 Å². The smallest absolute Gasteiger partial charge is 0.300 e. The number of hydrogen-bond acceptors (Lipinski definition) is 6. The predicted molar refractivity (Wildman–Crippen MR) is 104 cm³/mol. The van der Waals surface area contributed by atoms with Crippen molar-refractivity contribution in [3.63, 3.8) is 0 Å². The molecule has 0 unspecified atom stereocenters.